The minimum absolute atomic E-state index is 0.0160. The SMILES string of the molecule is CCCNC(=O)N1[C@@H]2Cn3c(cccc3=O)[C@H]1[C@@H](C(=O)N1CCC(Cc3ccccc3)CC1)[C@@H]2CO. The van der Waals surface area contributed by atoms with Crippen LogP contribution < -0.4 is 10.9 Å². The van der Waals surface area contributed by atoms with E-state index in [0.717, 1.165) is 25.7 Å². The monoisotopic (exact) mass is 492 g/mol. The van der Waals surface area contributed by atoms with Crippen molar-refractivity contribution in [1.29, 1.82) is 0 Å². The van der Waals surface area contributed by atoms with Crippen LogP contribution >= 0.6 is 0 Å². The summed E-state index contributed by atoms with van der Waals surface area (Å²) in [5.41, 5.74) is 1.87. The van der Waals surface area contributed by atoms with Gasteiger partial charge in [0.15, 0.2) is 0 Å². The Morgan fingerprint density at radius 2 is 1.81 bits per heavy atom. The number of hydrogen-bond donors (Lipinski definition) is 2. The van der Waals surface area contributed by atoms with Crippen LogP contribution in [0.15, 0.2) is 53.3 Å². The number of aromatic nitrogens is 1. The van der Waals surface area contributed by atoms with E-state index in [2.05, 4.69) is 29.6 Å². The van der Waals surface area contributed by atoms with Gasteiger partial charge in [0.05, 0.1) is 18.0 Å². The number of amides is 3. The zero-order chi connectivity index (χ0) is 25.2. The van der Waals surface area contributed by atoms with Crippen LogP contribution in [0.5, 0.6) is 0 Å². The molecule has 36 heavy (non-hydrogen) atoms. The first-order valence-electron chi connectivity index (χ1n) is 13.2. The summed E-state index contributed by atoms with van der Waals surface area (Å²) >= 11 is 0. The first-order valence-corrected chi connectivity index (χ1v) is 13.2. The van der Waals surface area contributed by atoms with E-state index in [4.69, 9.17) is 0 Å². The number of piperidine rings is 1. The average Bonchev–Trinajstić information content (AvgIpc) is 3.15. The Morgan fingerprint density at radius 3 is 2.50 bits per heavy atom. The van der Waals surface area contributed by atoms with Gasteiger partial charge in [0.2, 0.25) is 5.91 Å². The molecule has 2 saturated heterocycles. The third kappa shape index (κ3) is 4.43. The number of fused-ring (bicyclic) bond motifs is 4. The molecule has 2 aromatic rings. The molecule has 8 nitrogen and oxygen atoms in total. The van der Waals surface area contributed by atoms with Crippen molar-refractivity contribution in [3.63, 3.8) is 0 Å². The van der Waals surface area contributed by atoms with Gasteiger partial charge in [-0.05, 0) is 43.2 Å². The van der Waals surface area contributed by atoms with E-state index in [1.807, 2.05) is 24.0 Å². The van der Waals surface area contributed by atoms with Gasteiger partial charge in [0.1, 0.15) is 0 Å². The predicted octanol–water partition coefficient (Wildman–Crippen LogP) is 2.41. The maximum absolute atomic E-state index is 14.0. The van der Waals surface area contributed by atoms with E-state index in [0.29, 0.717) is 37.8 Å². The number of nitrogens with zero attached hydrogens (tertiary/aromatic N) is 3. The second kappa shape index (κ2) is 10.5. The molecule has 0 unspecified atom stereocenters. The fourth-order valence-electron chi connectivity index (χ4n) is 6.46. The van der Waals surface area contributed by atoms with E-state index in [1.54, 1.807) is 15.5 Å². The summed E-state index contributed by atoms with van der Waals surface area (Å²) in [6.07, 6.45) is 3.68. The highest BCUT2D eigenvalue weighted by molar-refractivity contribution is 5.84. The molecule has 1 aromatic heterocycles. The maximum Gasteiger partial charge on any atom is 0.318 e. The molecular weight excluding hydrogens is 456 g/mol. The van der Waals surface area contributed by atoms with Crippen LogP contribution in [0.1, 0.15) is 43.5 Å². The summed E-state index contributed by atoms with van der Waals surface area (Å²) in [5, 5.41) is 13.4. The molecule has 192 valence electrons. The first kappa shape index (κ1) is 24.6. The van der Waals surface area contributed by atoms with Gasteiger partial charge in [-0.15, -0.1) is 0 Å². The Hall–Kier alpha value is -3.13. The lowest BCUT2D eigenvalue weighted by atomic mass is 9.84. The topological polar surface area (TPSA) is 94.9 Å². The van der Waals surface area contributed by atoms with Crippen LogP contribution in [0.2, 0.25) is 0 Å². The number of rotatable bonds is 6. The lowest BCUT2D eigenvalue weighted by Gasteiger charge is -2.39. The minimum atomic E-state index is -0.575. The smallest absolute Gasteiger partial charge is 0.318 e. The molecule has 4 heterocycles. The number of carbonyl (C=O) groups excluding carboxylic acids is 2. The van der Waals surface area contributed by atoms with E-state index in [1.165, 1.54) is 11.6 Å². The van der Waals surface area contributed by atoms with Gasteiger partial charge >= 0.3 is 6.03 Å². The molecule has 8 heteroatoms. The van der Waals surface area contributed by atoms with Gasteiger partial charge in [0, 0.05) is 50.5 Å². The normalized spacial score (nSPS) is 25.5. The molecule has 3 aliphatic rings. The van der Waals surface area contributed by atoms with Gasteiger partial charge in [-0.25, -0.2) is 4.79 Å². The van der Waals surface area contributed by atoms with Crippen molar-refractivity contribution in [3.8, 4) is 0 Å². The van der Waals surface area contributed by atoms with Gasteiger partial charge in [-0.2, -0.15) is 0 Å². The number of benzene rings is 1. The maximum atomic E-state index is 14.0. The molecule has 0 saturated carbocycles. The fourth-order valence-corrected chi connectivity index (χ4v) is 6.46. The fraction of sp³-hybridized carbons (Fsp3) is 0.536. The summed E-state index contributed by atoms with van der Waals surface area (Å²) < 4.78 is 1.68. The molecule has 0 aliphatic carbocycles. The molecule has 2 bridgehead atoms. The van der Waals surface area contributed by atoms with E-state index < -0.39 is 23.9 Å². The quantitative estimate of drug-likeness (QED) is 0.648. The Labute approximate surface area is 211 Å². The highest BCUT2D eigenvalue weighted by Gasteiger charge is 2.58. The number of urea groups is 1. The van der Waals surface area contributed by atoms with Crippen molar-refractivity contribution in [2.45, 2.75) is 51.2 Å². The number of pyridine rings is 1. The highest BCUT2D eigenvalue weighted by atomic mass is 16.3. The number of nitrogens with one attached hydrogen (secondary N) is 1. The second-order valence-corrected chi connectivity index (χ2v) is 10.4. The second-order valence-electron chi connectivity index (χ2n) is 10.4. The molecule has 3 amide bonds. The Kier molecular flexibility index (Phi) is 7.14. The summed E-state index contributed by atoms with van der Waals surface area (Å²) in [6, 6.07) is 14.3. The zero-order valence-corrected chi connectivity index (χ0v) is 20.9. The minimum Gasteiger partial charge on any atom is -0.396 e. The Bertz CT molecular complexity index is 1140. The lowest BCUT2D eigenvalue weighted by molar-refractivity contribution is -0.139. The number of likely N-dealkylation sites (tertiary alicyclic amines) is 1. The van der Waals surface area contributed by atoms with E-state index in [9.17, 15) is 19.5 Å². The number of hydrogen-bond acceptors (Lipinski definition) is 4. The molecule has 0 spiro atoms. The average molecular weight is 493 g/mol. The van der Waals surface area contributed by atoms with Crippen molar-refractivity contribution in [1.82, 2.24) is 19.7 Å². The van der Waals surface area contributed by atoms with Crippen LogP contribution in [0.4, 0.5) is 4.79 Å². The van der Waals surface area contributed by atoms with Crippen molar-refractivity contribution < 1.29 is 14.7 Å². The molecule has 4 atom stereocenters. The van der Waals surface area contributed by atoms with Crippen LogP contribution in [0.25, 0.3) is 0 Å². The summed E-state index contributed by atoms with van der Waals surface area (Å²) in [6.45, 7) is 3.96. The first-order chi connectivity index (χ1) is 17.5. The number of carbonyl (C=O) groups is 2. The summed E-state index contributed by atoms with van der Waals surface area (Å²) in [4.78, 5) is 43.6. The van der Waals surface area contributed by atoms with Crippen LogP contribution in [-0.2, 0) is 17.8 Å². The van der Waals surface area contributed by atoms with Gasteiger partial charge < -0.3 is 24.8 Å². The van der Waals surface area contributed by atoms with Gasteiger partial charge in [0.25, 0.3) is 5.56 Å². The number of aliphatic hydroxyl groups is 1. The molecule has 5 rings (SSSR count). The molecule has 0 radical (unpaired) electrons. The third-order valence-electron chi connectivity index (χ3n) is 8.26. The van der Waals surface area contributed by atoms with E-state index in [-0.39, 0.29) is 24.1 Å². The standard InChI is InChI=1S/C28H36N4O4/c1-2-13-29-28(36)32-23-17-31-22(9-6-10-24(31)34)26(32)25(21(23)18-33)27(35)30-14-11-20(12-15-30)16-19-7-4-3-5-8-19/h3-10,20-21,23,25-26,33H,2,11-18H2,1H3,(H,29,36)/t21-,23-,25+,26+/m1/s1. The van der Waals surface area contributed by atoms with Gasteiger partial charge in [-0.1, -0.05) is 43.3 Å². The largest absolute Gasteiger partial charge is 0.396 e. The Morgan fingerprint density at radius 1 is 1.06 bits per heavy atom. The van der Waals surface area contributed by atoms with Crippen molar-refractivity contribution in [3.05, 3.63) is 70.1 Å². The molecule has 1 aromatic carbocycles. The van der Waals surface area contributed by atoms with Crippen molar-refractivity contribution >= 4 is 11.9 Å². The van der Waals surface area contributed by atoms with Crippen LogP contribution in [-0.4, -0.2) is 63.7 Å². The lowest BCUT2D eigenvalue weighted by Crippen LogP contribution is -2.52. The molecule has 2 N–H and O–H groups in total. The van der Waals surface area contributed by atoms with E-state index >= 15 is 0 Å². The third-order valence-corrected chi connectivity index (χ3v) is 8.26. The van der Waals surface area contributed by atoms with Crippen LogP contribution in [0.3, 0.4) is 0 Å². The summed E-state index contributed by atoms with van der Waals surface area (Å²) in [7, 11) is 0. The molecule has 3 aliphatic heterocycles. The van der Waals surface area contributed by atoms with Gasteiger partial charge in [-0.3, -0.25) is 9.59 Å². The molecule has 2 fully saturated rings. The zero-order valence-electron chi connectivity index (χ0n) is 20.9. The van der Waals surface area contributed by atoms with Crippen molar-refractivity contribution in [2.75, 3.05) is 26.2 Å². The van der Waals surface area contributed by atoms with Crippen molar-refractivity contribution in [2.24, 2.45) is 17.8 Å². The highest BCUT2D eigenvalue weighted by Crippen LogP contribution is 2.49. The number of aliphatic hydroxyl groups excluding tert-OH is 1. The molecular formula is C28H36N4O4. The van der Waals surface area contributed by atoms with Crippen LogP contribution in [0, 0.1) is 17.8 Å². The predicted molar refractivity (Wildman–Crippen MR) is 136 cm³/mol. The summed E-state index contributed by atoms with van der Waals surface area (Å²) in [5.74, 6) is -0.480. The Balaban J connectivity index is 1.39.